The van der Waals surface area contributed by atoms with Crippen molar-refractivity contribution in [1.82, 2.24) is 9.97 Å². The molecule has 0 spiro atoms. The van der Waals surface area contributed by atoms with E-state index in [0.29, 0.717) is 0 Å². The van der Waals surface area contributed by atoms with Crippen LogP contribution in [0.5, 0.6) is 0 Å². The molecule has 2 aromatic carbocycles. The van der Waals surface area contributed by atoms with E-state index in [-0.39, 0.29) is 21.1 Å². The van der Waals surface area contributed by atoms with Crippen molar-refractivity contribution in [2.24, 2.45) is 0 Å². The fraction of sp³-hybridized carbons (Fsp3) is 0. The van der Waals surface area contributed by atoms with E-state index in [1.807, 2.05) is 24.5 Å². The predicted molar refractivity (Wildman–Crippen MR) is 92.9 cm³/mol. The number of fused-ring (bicyclic) bond motifs is 5. The SMILES string of the molecule is [C-]#[N+]O.[C-]#[N+][O-].[Pt].c1cnc2c(c1)ccc1ccc3cccnc3c12. The number of pyridine rings is 2. The van der Waals surface area contributed by atoms with Gasteiger partial charge in [-0.2, -0.15) is 6.57 Å². The van der Waals surface area contributed by atoms with Gasteiger partial charge in [-0.25, -0.2) is 11.8 Å². The summed E-state index contributed by atoms with van der Waals surface area (Å²) in [6.07, 6.45) is 3.67. The summed E-state index contributed by atoms with van der Waals surface area (Å²) < 4.78 is 0. The second-order valence-electron chi connectivity index (χ2n) is 4.57. The van der Waals surface area contributed by atoms with Crippen LogP contribution in [0.2, 0.25) is 0 Å². The molecule has 0 saturated heterocycles. The van der Waals surface area contributed by atoms with Crippen molar-refractivity contribution in [3.63, 3.8) is 0 Å². The third-order valence-corrected chi connectivity index (χ3v) is 3.33. The van der Waals surface area contributed by atoms with Crippen LogP contribution in [0.15, 0.2) is 60.9 Å². The molecule has 0 bridgehead atoms. The summed E-state index contributed by atoms with van der Waals surface area (Å²) >= 11 is 0. The van der Waals surface area contributed by atoms with E-state index < -0.39 is 0 Å². The average molecular weight is 510 g/mol. The molecule has 0 amide bonds. The van der Waals surface area contributed by atoms with Crippen LogP contribution < -0.4 is 0 Å². The van der Waals surface area contributed by atoms with E-state index in [1.165, 1.54) is 10.4 Å². The van der Waals surface area contributed by atoms with Crippen LogP contribution in [0.1, 0.15) is 0 Å². The van der Waals surface area contributed by atoms with E-state index in [4.69, 9.17) is 23.6 Å². The van der Waals surface area contributed by atoms with Crippen molar-refractivity contribution in [2.75, 3.05) is 0 Å². The van der Waals surface area contributed by atoms with Crippen molar-refractivity contribution >= 4 is 32.6 Å². The molecule has 2 aromatic heterocycles. The van der Waals surface area contributed by atoms with E-state index in [2.05, 4.69) is 46.4 Å². The average Bonchev–Trinajstić information content (AvgIpc) is 2.62. The Balaban J connectivity index is 0.000000398. The maximum absolute atomic E-state index is 8.22. The molecule has 0 aliphatic heterocycles. The van der Waals surface area contributed by atoms with Crippen molar-refractivity contribution in [2.45, 2.75) is 0 Å². The van der Waals surface area contributed by atoms with Gasteiger partial charge in [-0.15, -0.1) is 0 Å². The molecular formula is C18H11N4O2Pt-. The van der Waals surface area contributed by atoms with Gasteiger partial charge >= 0.3 is 0 Å². The Hall–Kier alpha value is -3.21. The van der Waals surface area contributed by atoms with E-state index in [1.54, 1.807) is 5.01 Å². The normalized spacial score (nSPS) is 8.72. The van der Waals surface area contributed by atoms with Crippen LogP contribution in [0, 0.1) is 18.4 Å². The van der Waals surface area contributed by atoms with Gasteiger partial charge in [0, 0.05) is 49.6 Å². The Kier molecular flexibility index (Phi) is 7.79. The Morgan fingerprint density at radius 2 is 1.16 bits per heavy atom. The topological polar surface area (TPSA) is 77.8 Å². The predicted octanol–water partition coefficient (Wildman–Crippen LogP) is 4.63. The molecule has 7 heteroatoms. The molecule has 4 rings (SSSR count). The molecule has 0 atom stereocenters. The van der Waals surface area contributed by atoms with Gasteiger partial charge in [0.25, 0.3) is 0 Å². The Labute approximate surface area is 158 Å². The first-order chi connectivity index (χ1) is 11.8. The monoisotopic (exact) mass is 510 g/mol. The zero-order chi connectivity index (χ0) is 17.4. The minimum atomic E-state index is 0. The molecule has 2 heterocycles. The summed E-state index contributed by atoms with van der Waals surface area (Å²) in [4.78, 5) is 9.04. The van der Waals surface area contributed by atoms with Crippen molar-refractivity contribution in [1.29, 1.82) is 0 Å². The molecule has 0 unspecified atom stereocenters. The minimum Gasteiger partial charge on any atom is -0.539 e. The van der Waals surface area contributed by atoms with Crippen LogP contribution in [0.4, 0.5) is 0 Å². The van der Waals surface area contributed by atoms with Crippen LogP contribution in [0.25, 0.3) is 42.6 Å². The summed E-state index contributed by atoms with van der Waals surface area (Å²) in [5, 5.41) is 23.0. The summed E-state index contributed by atoms with van der Waals surface area (Å²) in [5.41, 5.74) is 2.05. The maximum atomic E-state index is 8.22. The molecule has 126 valence electrons. The molecule has 0 aliphatic rings. The maximum Gasteiger partial charge on any atom is 0.0802 e. The smallest absolute Gasteiger partial charge is 0.0802 e. The van der Waals surface area contributed by atoms with Crippen LogP contribution >= 0.6 is 0 Å². The van der Waals surface area contributed by atoms with E-state index >= 15 is 0 Å². The molecule has 0 saturated carbocycles. The Morgan fingerprint density at radius 3 is 1.56 bits per heavy atom. The number of hydrogen-bond acceptors (Lipinski definition) is 4. The number of rotatable bonds is 0. The third kappa shape index (κ3) is 4.41. The molecule has 6 nitrogen and oxygen atoms in total. The molecule has 25 heavy (non-hydrogen) atoms. The molecule has 4 aromatic rings. The van der Waals surface area contributed by atoms with Crippen LogP contribution in [0.3, 0.4) is 0 Å². The first kappa shape index (κ1) is 19.8. The van der Waals surface area contributed by atoms with Crippen molar-refractivity contribution in [3.05, 3.63) is 89.3 Å². The van der Waals surface area contributed by atoms with Crippen molar-refractivity contribution in [3.8, 4) is 0 Å². The number of hydrogen-bond donors (Lipinski definition) is 1. The van der Waals surface area contributed by atoms with Crippen LogP contribution in [-0.4, -0.2) is 15.2 Å². The summed E-state index contributed by atoms with van der Waals surface area (Å²) in [5.74, 6) is 0. The largest absolute Gasteiger partial charge is 0.539 e. The van der Waals surface area contributed by atoms with E-state index in [9.17, 15) is 0 Å². The van der Waals surface area contributed by atoms with E-state index in [0.717, 1.165) is 27.2 Å². The molecule has 1 N–H and O–H groups in total. The van der Waals surface area contributed by atoms with Gasteiger partial charge in [0.15, 0.2) is 0 Å². The molecule has 0 radical (unpaired) electrons. The second kappa shape index (κ2) is 9.82. The second-order valence-corrected chi connectivity index (χ2v) is 4.57. The number of aromatic nitrogens is 2. The fourth-order valence-corrected chi connectivity index (χ4v) is 2.49. The molecule has 0 aliphatic carbocycles. The zero-order valence-corrected chi connectivity index (χ0v) is 15.0. The number of benzene rings is 2. The van der Waals surface area contributed by atoms with Crippen molar-refractivity contribution < 1.29 is 26.3 Å². The quantitative estimate of drug-likeness (QED) is 0.213. The minimum absolute atomic E-state index is 0. The third-order valence-electron chi connectivity index (χ3n) is 3.33. The molecular weight excluding hydrogens is 499 g/mol. The van der Waals surface area contributed by atoms with Crippen LogP contribution in [-0.2, 0) is 21.1 Å². The number of nitrogens with zero attached hydrogens (tertiary/aromatic N) is 4. The summed E-state index contributed by atoms with van der Waals surface area (Å²) in [6.45, 7) is 10.7. The standard InChI is InChI=1S/C16H10N2.CHNO.CNO.Pt/c1-3-12-7-5-11-6-8-13-4-2-10-18-16(13)14(11)15(12)17-9-1;2*1-2-3;/h1-10H;3H;;/q;;-1;. The summed E-state index contributed by atoms with van der Waals surface area (Å²) in [7, 11) is 0. The summed E-state index contributed by atoms with van der Waals surface area (Å²) in [6, 6.07) is 16.6. The van der Waals surface area contributed by atoms with Gasteiger partial charge in [0.2, 0.25) is 0 Å². The van der Waals surface area contributed by atoms with Gasteiger partial charge < -0.3 is 5.21 Å². The Bertz CT molecular complexity index is 989. The zero-order valence-electron chi connectivity index (χ0n) is 12.7. The van der Waals surface area contributed by atoms with Gasteiger partial charge in [-0.05, 0) is 22.5 Å². The molecule has 0 fully saturated rings. The fourth-order valence-electron chi connectivity index (χ4n) is 2.49. The van der Waals surface area contributed by atoms with Gasteiger partial charge in [-0.1, -0.05) is 36.4 Å². The van der Waals surface area contributed by atoms with Gasteiger partial charge in [0.1, 0.15) is 0 Å². The van der Waals surface area contributed by atoms with Gasteiger partial charge in [0.05, 0.1) is 11.0 Å². The van der Waals surface area contributed by atoms with Gasteiger partial charge in [-0.3, -0.25) is 15.0 Å². The first-order valence-electron chi connectivity index (χ1n) is 6.78. The first-order valence-corrected chi connectivity index (χ1v) is 6.78. The Morgan fingerprint density at radius 1 is 0.800 bits per heavy atom.